The average molecular weight is 499 g/mol. The highest BCUT2D eigenvalue weighted by Gasteiger charge is 2.16. The standard InChI is InChI=1S/C21H29N3O3.HI/c1-16-5-2-6-17(13-16)20(25)15-24-21(23-14-19-8-4-12-27-19)22-10-9-18-7-3-11-26-18;/h2-3,5-7,11,13,19-20,25H,4,8-10,12,14-15H2,1H3,(H2,22,23,24);1H. The summed E-state index contributed by atoms with van der Waals surface area (Å²) in [6.07, 6.45) is 4.22. The molecule has 28 heavy (non-hydrogen) atoms. The van der Waals surface area contributed by atoms with Crippen LogP contribution in [0.2, 0.25) is 0 Å². The molecule has 6 nitrogen and oxygen atoms in total. The Morgan fingerprint density at radius 3 is 2.89 bits per heavy atom. The van der Waals surface area contributed by atoms with E-state index in [1.807, 2.05) is 43.3 Å². The number of aliphatic hydroxyl groups excluding tert-OH is 1. The summed E-state index contributed by atoms with van der Waals surface area (Å²) in [5.74, 6) is 1.62. The van der Waals surface area contributed by atoms with Gasteiger partial charge in [-0.1, -0.05) is 29.8 Å². The van der Waals surface area contributed by atoms with Gasteiger partial charge in [0.25, 0.3) is 0 Å². The maximum absolute atomic E-state index is 10.4. The Balaban J connectivity index is 0.00000280. The highest BCUT2D eigenvalue weighted by atomic mass is 127. The van der Waals surface area contributed by atoms with E-state index >= 15 is 0 Å². The number of aliphatic hydroxyl groups is 1. The Hall–Kier alpha value is -1.58. The lowest BCUT2D eigenvalue weighted by molar-refractivity contribution is 0.113. The molecule has 0 bridgehead atoms. The minimum atomic E-state index is -0.628. The van der Waals surface area contributed by atoms with Gasteiger partial charge in [-0.05, 0) is 37.5 Å². The lowest BCUT2D eigenvalue weighted by atomic mass is 10.1. The number of nitrogens with zero attached hydrogens (tertiary/aromatic N) is 1. The van der Waals surface area contributed by atoms with E-state index in [4.69, 9.17) is 9.15 Å². The molecule has 2 aromatic rings. The smallest absolute Gasteiger partial charge is 0.191 e. The Labute approximate surface area is 183 Å². The van der Waals surface area contributed by atoms with E-state index in [1.54, 1.807) is 6.26 Å². The number of aryl methyl sites for hydroxylation is 1. The summed E-state index contributed by atoms with van der Waals surface area (Å²) in [5.41, 5.74) is 2.01. The van der Waals surface area contributed by atoms with Crippen molar-refractivity contribution in [2.24, 2.45) is 4.99 Å². The normalized spacial score (nSPS) is 17.8. The van der Waals surface area contributed by atoms with Crippen molar-refractivity contribution in [3.63, 3.8) is 0 Å². The van der Waals surface area contributed by atoms with Crippen LogP contribution in [0.1, 0.15) is 35.8 Å². The monoisotopic (exact) mass is 499 g/mol. The molecule has 2 atom stereocenters. The fourth-order valence-electron chi connectivity index (χ4n) is 3.11. The van der Waals surface area contributed by atoms with Crippen molar-refractivity contribution in [1.29, 1.82) is 0 Å². The molecule has 1 fully saturated rings. The summed E-state index contributed by atoms with van der Waals surface area (Å²) < 4.78 is 11.0. The zero-order valence-corrected chi connectivity index (χ0v) is 18.6. The number of rotatable bonds is 8. The number of benzene rings is 1. The van der Waals surface area contributed by atoms with E-state index in [1.165, 1.54) is 0 Å². The van der Waals surface area contributed by atoms with Crippen LogP contribution >= 0.6 is 24.0 Å². The van der Waals surface area contributed by atoms with Crippen molar-refractivity contribution in [3.05, 3.63) is 59.5 Å². The van der Waals surface area contributed by atoms with Crippen molar-refractivity contribution in [2.75, 3.05) is 26.2 Å². The number of furan rings is 1. The summed E-state index contributed by atoms with van der Waals surface area (Å²) in [7, 11) is 0. The summed E-state index contributed by atoms with van der Waals surface area (Å²) in [5, 5.41) is 17.1. The second-order valence-corrected chi connectivity index (χ2v) is 6.89. The number of hydrogen-bond acceptors (Lipinski definition) is 4. The second-order valence-electron chi connectivity index (χ2n) is 6.89. The van der Waals surface area contributed by atoms with Crippen LogP contribution in [0.15, 0.2) is 52.1 Å². The van der Waals surface area contributed by atoms with E-state index in [0.717, 1.165) is 42.8 Å². The number of nitrogens with one attached hydrogen (secondary N) is 2. The molecule has 7 heteroatoms. The average Bonchev–Trinajstić information content (AvgIpc) is 3.37. The van der Waals surface area contributed by atoms with Gasteiger partial charge in [-0.3, -0.25) is 4.99 Å². The lowest BCUT2D eigenvalue weighted by Gasteiger charge is -2.16. The van der Waals surface area contributed by atoms with Crippen LogP contribution in [0.5, 0.6) is 0 Å². The summed E-state index contributed by atoms with van der Waals surface area (Å²) in [6, 6.07) is 11.7. The quantitative estimate of drug-likeness (QED) is 0.296. The van der Waals surface area contributed by atoms with Gasteiger partial charge in [0.2, 0.25) is 0 Å². The van der Waals surface area contributed by atoms with Crippen molar-refractivity contribution in [3.8, 4) is 0 Å². The SMILES string of the molecule is Cc1cccc(C(O)CN=C(NCCc2ccco2)NCC2CCCO2)c1.I. The number of guanidine groups is 1. The van der Waals surface area contributed by atoms with Gasteiger partial charge < -0.3 is 24.9 Å². The third kappa shape index (κ3) is 7.44. The van der Waals surface area contributed by atoms with Gasteiger partial charge in [0, 0.05) is 26.1 Å². The first-order valence-electron chi connectivity index (χ1n) is 9.61. The third-order valence-corrected chi connectivity index (χ3v) is 4.61. The number of aliphatic imine (C=N–C) groups is 1. The summed E-state index contributed by atoms with van der Waals surface area (Å²) in [4.78, 5) is 4.57. The molecule has 3 N–H and O–H groups in total. The van der Waals surface area contributed by atoms with Crippen LogP contribution in [-0.2, 0) is 11.2 Å². The van der Waals surface area contributed by atoms with Gasteiger partial charge in [-0.2, -0.15) is 0 Å². The van der Waals surface area contributed by atoms with E-state index in [-0.39, 0.29) is 30.1 Å². The molecule has 0 amide bonds. The molecule has 3 rings (SSSR count). The minimum Gasteiger partial charge on any atom is -0.469 e. The Bertz CT molecular complexity index is 715. The van der Waals surface area contributed by atoms with Crippen LogP contribution in [-0.4, -0.2) is 43.4 Å². The molecule has 1 aliphatic heterocycles. The Morgan fingerprint density at radius 2 is 2.18 bits per heavy atom. The van der Waals surface area contributed by atoms with Crippen LogP contribution in [0, 0.1) is 6.92 Å². The first-order chi connectivity index (χ1) is 13.2. The van der Waals surface area contributed by atoms with E-state index < -0.39 is 6.10 Å². The molecule has 1 aromatic carbocycles. The van der Waals surface area contributed by atoms with Gasteiger partial charge in [-0.25, -0.2) is 0 Å². The lowest BCUT2D eigenvalue weighted by Crippen LogP contribution is -2.42. The molecule has 2 heterocycles. The van der Waals surface area contributed by atoms with Gasteiger partial charge in [0.15, 0.2) is 5.96 Å². The highest BCUT2D eigenvalue weighted by Crippen LogP contribution is 2.14. The zero-order valence-electron chi connectivity index (χ0n) is 16.3. The first kappa shape index (κ1) is 22.7. The zero-order chi connectivity index (χ0) is 18.9. The molecule has 0 spiro atoms. The molecule has 2 unspecified atom stereocenters. The van der Waals surface area contributed by atoms with Gasteiger partial charge >= 0.3 is 0 Å². The maximum atomic E-state index is 10.4. The second kappa shape index (κ2) is 12.1. The summed E-state index contributed by atoms with van der Waals surface area (Å²) >= 11 is 0. The molecule has 1 saturated heterocycles. The van der Waals surface area contributed by atoms with E-state index in [0.29, 0.717) is 25.6 Å². The molecule has 1 aliphatic rings. The van der Waals surface area contributed by atoms with Gasteiger partial charge in [-0.15, -0.1) is 24.0 Å². The fraction of sp³-hybridized carbons (Fsp3) is 0.476. The predicted octanol–water partition coefficient (Wildman–Crippen LogP) is 3.20. The van der Waals surface area contributed by atoms with Crippen molar-refractivity contribution in [2.45, 2.75) is 38.4 Å². The topological polar surface area (TPSA) is 79.0 Å². The number of ether oxygens (including phenoxy) is 1. The van der Waals surface area contributed by atoms with Crippen molar-refractivity contribution >= 4 is 29.9 Å². The molecule has 0 radical (unpaired) electrons. The minimum absolute atomic E-state index is 0. The van der Waals surface area contributed by atoms with Crippen LogP contribution in [0.4, 0.5) is 0 Å². The van der Waals surface area contributed by atoms with Crippen LogP contribution in [0.25, 0.3) is 0 Å². The maximum Gasteiger partial charge on any atom is 0.191 e. The predicted molar refractivity (Wildman–Crippen MR) is 121 cm³/mol. The third-order valence-electron chi connectivity index (χ3n) is 4.61. The molecule has 154 valence electrons. The first-order valence-corrected chi connectivity index (χ1v) is 9.61. The van der Waals surface area contributed by atoms with Crippen molar-refractivity contribution in [1.82, 2.24) is 10.6 Å². The highest BCUT2D eigenvalue weighted by molar-refractivity contribution is 14.0. The largest absolute Gasteiger partial charge is 0.469 e. The summed E-state index contributed by atoms with van der Waals surface area (Å²) in [6.45, 7) is 4.56. The Morgan fingerprint density at radius 1 is 1.29 bits per heavy atom. The van der Waals surface area contributed by atoms with Crippen LogP contribution in [0.3, 0.4) is 0 Å². The van der Waals surface area contributed by atoms with E-state index in [2.05, 4.69) is 15.6 Å². The molecule has 0 saturated carbocycles. The number of hydrogen-bond donors (Lipinski definition) is 3. The number of halogens is 1. The molecular formula is C21H30IN3O3. The molecular weight excluding hydrogens is 469 g/mol. The molecule has 1 aromatic heterocycles. The molecule has 0 aliphatic carbocycles. The van der Waals surface area contributed by atoms with Gasteiger partial charge in [0.05, 0.1) is 25.0 Å². The fourth-order valence-corrected chi connectivity index (χ4v) is 3.11. The van der Waals surface area contributed by atoms with Gasteiger partial charge in [0.1, 0.15) is 5.76 Å². The van der Waals surface area contributed by atoms with E-state index in [9.17, 15) is 5.11 Å². The van der Waals surface area contributed by atoms with Crippen LogP contribution < -0.4 is 10.6 Å². The Kier molecular flexibility index (Phi) is 9.80. The van der Waals surface area contributed by atoms with Crippen molar-refractivity contribution < 1.29 is 14.3 Å².